The molecule has 2 heterocycles. The SMILES string of the molecule is COc1ccc(OC)c(-c2nc3c(N)ncn(CCc4cc(C)cc(C)c4)c-3n2)c1. The summed E-state index contributed by atoms with van der Waals surface area (Å²) in [6, 6.07) is 12.1. The highest BCUT2D eigenvalue weighted by Gasteiger charge is 2.21. The van der Waals surface area contributed by atoms with Crippen LogP contribution < -0.4 is 15.2 Å². The van der Waals surface area contributed by atoms with Gasteiger partial charge in [0.1, 0.15) is 11.5 Å². The van der Waals surface area contributed by atoms with Gasteiger partial charge in [-0.2, -0.15) is 0 Å². The van der Waals surface area contributed by atoms with Crippen LogP contribution in [0.5, 0.6) is 11.5 Å². The number of benzene rings is 2. The van der Waals surface area contributed by atoms with E-state index in [0.717, 1.165) is 18.5 Å². The number of ether oxygens (including phenoxy) is 2. The highest BCUT2D eigenvalue weighted by molar-refractivity contribution is 5.74. The summed E-state index contributed by atoms with van der Waals surface area (Å²) in [7, 11) is 3.24. The number of nitrogen functional groups attached to an aromatic ring is 1. The molecular weight excluding hydrogens is 378 g/mol. The van der Waals surface area contributed by atoms with Gasteiger partial charge in [0.05, 0.1) is 26.1 Å². The highest BCUT2D eigenvalue weighted by Crippen LogP contribution is 2.35. The maximum atomic E-state index is 6.11. The number of nitrogens with zero attached hydrogens (tertiary/aromatic N) is 4. The molecule has 4 rings (SSSR count). The van der Waals surface area contributed by atoms with Crippen molar-refractivity contribution in [3.63, 3.8) is 0 Å². The number of aryl methyl sites for hydroxylation is 4. The lowest BCUT2D eigenvalue weighted by Gasteiger charge is -2.12. The highest BCUT2D eigenvalue weighted by atomic mass is 16.5. The number of hydrogen-bond acceptors (Lipinski definition) is 6. The molecule has 0 aliphatic carbocycles. The first kappa shape index (κ1) is 19.7. The molecule has 0 amide bonds. The zero-order chi connectivity index (χ0) is 21.3. The molecule has 0 saturated carbocycles. The summed E-state index contributed by atoms with van der Waals surface area (Å²) in [5, 5.41) is 0. The summed E-state index contributed by atoms with van der Waals surface area (Å²) in [5.41, 5.74) is 11.2. The van der Waals surface area contributed by atoms with Gasteiger partial charge in [-0.25, -0.2) is 15.0 Å². The van der Waals surface area contributed by atoms with Gasteiger partial charge in [-0.1, -0.05) is 29.3 Å². The minimum atomic E-state index is 0.355. The van der Waals surface area contributed by atoms with E-state index < -0.39 is 0 Å². The Morgan fingerprint density at radius 1 is 0.967 bits per heavy atom. The fourth-order valence-corrected chi connectivity index (χ4v) is 3.69. The standard InChI is InChI=1S/C23H25N5O2/c1-14-9-15(2)11-16(10-14)7-8-28-13-25-21(24)20-23(28)27-22(26-20)18-12-17(29-3)5-6-19(18)30-4/h5-6,9-13H,7-8,24H2,1-4H3. The maximum Gasteiger partial charge on any atom is 0.166 e. The number of hydrogen-bond donors (Lipinski definition) is 1. The monoisotopic (exact) mass is 403 g/mol. The second-order valence-corrected chi connectivity index (χ2v) is 7.35. The molecule has 0 unspecified atom stereocenters. The molecule has 2 aromatic rings. The van der Waals surface area contributed by atoms with Crippen molar-refractivity contribution in [2.24, 2.45) is 0 Å². The van der Waals surface area contributed by atoms with E-state index in [1.807, 2.05) is 22.8 Å². The van der Waals surface area contributed by atoms with Crippen molar-refractivity contribution in [1.82, 2.24) is 19.5 Å². The molecule has 7 nitrogen and oxygen atoms in total. The van der Waals surface area contributed by atoms with Crippen LogP contribution in [0.1, 0.15) is 16.7 Å². The Morgan fingerprint density at radius 3 is 2.43 bits per heavy atom. The Hall–Kier alpha value is -3.61. The lowest BCUT2D eigenvalue weighted by Crippen LogP contribution is -2.10. The van der Waals surface area contributed by atoms with E-state index in [1.165, 1.54) is 16.7 Å². The van der Waals surface area contributed by atoms with Crippen LogP contribution in [0.3, 0.4) is 0 Å². The van der Waals surface area contributed by atoms with Crippen LogP contribution in [-0.4, -0.2) is 33.7 Å². The van der Waals surface area contributed by atoms with E-state index in [2.05, 4.69) is 42.0 Å². The first-order valence-corrected chi connectivity index (χ1v) is 9.76. The van der Waals surface area contributed by atoms with Gasteiger partial charge < -0.3 is 19.8 Å². The molecule has 0 aromatic heterocycles. The molecule has 2 aliphatic rings. The second kappa shape index (κ2) is 8.02. The van der Waals surface area contributed by atoms with Crippen molar-refractivity contribution in [3.8, 4) is 34.4 Å². The van der Waals surface area contributed by atoms with Gasteiger partial charge in [0.2, 0.25) is 0 Å². The second-order valence-electron chi connectivity index (χ2n) is 7.35. The van der Waals surface area contributed by atoms with Crippen LogP contribution in [0.4, 0.5) is 5.82 Å². The fraction of sp³-hybridized carbons (Fsp3) is 0.261. The molecule has 0 radical (unpaired) electrons. The number of anilines is 1. The molecule has 0 atom stereocenters. The predicted molar refractivity (Wildman–Crippen MR) is 117 cm³/mol. The van der Waals surface area contributed by atoms with Crippen molar-refractivity contribution in [2.45, 2.75) is 26.8 Å². The molecule has 2 N–H and O–H groups in total. The molecule has 2 aromatic carbocycles. The summed E-state index contributed by atoms with van der Waals surface area (Å²) in [6.07, 6.45) is 2.58. The van der Waals surface area contributed by atoms with Gasteiger partial charge in [-0.3, -0.25) is 0 Å². The van der Waals surface area contributed by atoms with Crippen LogP contribution in [0.25, 0.3) is 22.9 Å². The van der Waals surface area contributed by atoms with Crippen molar-refractivity contribution in [3.05, 3.63) is 59.4 Å². The molecule has 0 saturated heterocycles. The normalized spacial score (nSPS) is 11.1. The Bertz CT molecular complexity index is 1150. The van der Waals surface area contributed by atoms with Gasteiger partial charge in [0.25, 0.3) is 0 Å². The summed E-state index contributed by atoms with van der Waals surface area (Å²) in [6.45, 7) is 4.95. The zero-order valence-electron chi connectivity index (χ0n) is 17.6. The summed E-state index contributed by atoms with van der Waals surface area (Å²) >= 11 is 0. The van der Waals surface area contributed by atoms with Gasteiger partial charge in [-0.15, -0.1) is 0 Å². The van der Waals surface area contributed by atoms with E-state index in [4.69, 9.17) is 20.2 Å². The summed E-state index contributed by atoms with van der Waals surface area (Å²) in [4.78, 5) is 13.7. The molecule has 2 aliphatic heterocycles. The van der Waals surface area contributed by atoms with Crippen molar-refractivity contribution in [2.75, 3.05) is 20.0 Å². The Labute approximate surface area is 175 Å². The number of fused-ring (bicyclic) bond motifs is 1. The van der Waals surface area contributed by atoms with Gasteiger partial charge in [0, 0.05) is 6.54 Å². The van der Waals surface area contributed by atoms with Crippen LogP contribution in [0.2, 0.25) is 0 Å². The van der Waals surface area contributed by atoms with Gasteiger partial charge in [-0.05, 0) is 44.0 Å². The summed E-state index contributed by atoms with van der Waals surface area (Å²) in [5.74, 6) is 2.95. The number of nitrogens with two attached hydrogens (primary N) is 1. The summed E-state index contributed by atoms with van der Waals surface area (Å²) < 4.78 is 12.8. The minimum Gasteiger partial charge on any atom is -0.497 e. The third kappa shape index (κ3) is 3.78. The molecule has 0 spiro atoms. The maximum absolute atomic E-state index is 6.11. The molecule has 30 heavy (non-hydrogen) atoms. The van der Waals surface area contributed by atoms with E-state index >= 15 is 0 Å². The van der Waals surface area contributed by atoms with E-state index in [1.54, 1.807) is 20.5 Å². The van der Waals surface area contributed by atoms with Gasteiger partial charge in [0.15, 0.2) is 23.2 Å². The van der Waals surface area contributed by atoms with E-state index in [9.17, 15) is 0 Å². The van der Waals surface area contributed by atoms with Crippen LogP contribution >= 0.6 is 0 Å². The lowest BCUT2D eigenvalue weighted by molar-refractivity contribution is 0.404. The average Bonchev–Trinajstić information content (AvgIpc) is 3.18. The Morgan fingerprint density at radius 2 is 1.73 bits per heavy atom. The third-order valence-electron chi connectivity index (χ3n) is 5.06. The first-order chi connectivity index (χ1) is 14.5. The third-order valence-corrected chi connectivity index (χ3v) is 5.06. The van der Waals surface area contributed by atoms with E-state index in [-0.39, 0.29) is 0 Å². The smallest absolute Gasteiger partial charge is 0.166 e. The number of imidazole rings is 1. The minimum absolute atomic E-state index is 0.355. The van der Waals surface area contributed by atoms with Crippen LogP contribution in [0.15, 0.2) is 42.7 Å². The number of rotatable bonds is 6. The predicted octanol–water partition coefficient (Wildman–Crippen LogP) is 3.90. The first-order valence-electron chi connectivity index (χ1n) is 9.76. The molecule has 0 fully saturated rings. The zero-order valence-corrected chi connectivity index (χ0v) is 17.6. The topological polar surface area (TPSA) is 88.1 Å². The average molecular weight is 403 g/mol. The van der Waals surface area contributed by atoms with Crippen molar-refractivity contribution >= 4 is 5.82 Å². The van der Waals surface area contributed by atoms with Crippen LogP contribution in [-0.2, 0) is 13.0 Å². The molecule has 154 valence electrons. The molecule has 0 bridgehead atoms. The quantitative estimate of drug-likeness (QED) is 0.525. The molecule has 7 heteroatoms. The Balaban J connectivity index is 1.72. The largest absolute Gasteiger partial charge is 0.497 e. The van der Waals surface area contributed by atoms with E-state index in [0.29, 0.717) is 34.7 Å². The Kier molecular flexibility index (Phi) is 5.27. The fourth-order valence-electron chi connectivity index (χ4n) is 3.69. The lowest BCUT2D eigenvalue weighted by atomic mass is 10.1. The number of aromatic nitrogens is 4. The van der Waals surface area contributed by atoms with Crippen molar-refractivity contribution in [1.29, 1.82) is 0 Å². The van der Waals surface area contributed by atoms with Crippen LogP contribution in [0, 0.1) is 13.8 Å². The van der Waals surface area contributed by atoms with Crippen molar-refractivity contribution < 1.29 is 9.47 Å². The number of methoxy groups -OCH3 is 2. The van der Waals surface area contributed by atoms with Gasteiger partial charge >= 0.3 is 0 Å². The molecular formula is C23H25N5O2.